The van der Waals surface area contributed by atoms with E-state index in [1.807, 2.05) is 36.4 Å². The molecule has 2 aliphatic heterocycles. The summed E-state index contributed by atoms with van der Waals surface area (Å²) in [5, 5.41) is 14.1. The highest BCUT2D eigenvalue weighted by molar-refractivity contribution is 6.02. The number of hydrogen-bond donors (Lipinski definition) is 2. The Balaban J connectivity index is 1.53. The van der Waals surface area contributed by atoms with Crippen LogP contribution in [0.25, 0.3) is 0 Å². The van der Waals surface area contributed by atoms with Gasteiger partial charge in [0.25, 0.3) is 5.91 Å². The number of furan rings is 1. The molecule has 0 aliphatic carbocycles. The summed E-state index contributed by atoms with van der Waals surface area (Å²) in [7, 11) is 0. The third kappa shape index (κ3) is 2.26. The number of epoxide rings is 1. The van der Waals surface area contributed by atoms with E-state index in [1.165, 1.54) is 0 Å². The molecule has 0 radical (unpaired) electrons. The molecule has 6 heteroatoms. The molecular weight excluding hydrogens is 296 g/mol. The Hall–Kier alpha value is -2.15. The van der Waals surface area contributed by atoms with Gasteiger partial charge >= 0.3 is 0 Å². The van der Waals surface area contributed by atoms with Gasteiger partial charge in [0.05, 0.1) is 19.4 Å². The molecule has 2 saturated heterocycles. The van der Waals surface area contributed by atoms with Crippen molar-refractivity contribution in [1.29, 1.82) is 0 Å². The van der Waals surface area contributed by atoms with Gasteiger partial charge in [-0.05, 0) is 24.3 Å². The second-order valence-corrected chi connectivity index (χ2v) is 5.95. The summed E-state index contributed by atoms with van der Waals surface area (Å²) in [5.74, 6) is 0.405. The Kier molecular flexibility index (Phi) is 3.26. The fraction of sp³-hybridized carbons (Fsp3) is 0.353. The lowest BCUT2D eigenvalue weighted by Crippen LogP contribution is -2.58. The standard InChI is InChI=1S/C17H18N2O4/c20-15-16(21,8-9-19(15)13-5-2-1-3-6-13)17(12-23-17)18-11-14-7-4-10-22-14/h1-7,10,18,21H,8-9,11-12H2. The van der Waals surface area contributed by atoms with E-state index in [1.54, 1.807) is 17.2 Å². The van der Waals surface area contributed by atoms with E-state index in [9.17, 15) is 9.90 Å². The minimum absolute atomic E-state index is 0.304. The number of ether oxygens (including phenoxy) is 1. The van der Waals surface area contributed by atoms with E-state index < -0.39 is 11.3 Å². The van der Waals surface area contributed by atoms with E-state index in [0.29, 0.717) is 26.1 Å². The van der Waals surface area contributed by atoms with Crippen LogP contribution < -0.4 is 10.2 Å². The molecule has 6 nitrogen and oxygen atoms in total. The molecule has 1 aromatic carbocycles. The maximum Gasteiger partial charge on any atom is 0.263 e. The van der Waals surface area contributed by atoms with Crippen molar-refractivity contribution in [2.75, 3.05) is 18.1 Å². The smallest absolute Gasteiger partial charge is 0.263 e. The Morgan fingerprint density at radius 2 is 2.00 bits per heavy atom. The van der Waals surface area contributed by atoms with Gasteiger partial charge in [0.2, 0.25) is 0 Å². The van der Waals surface area contributed by atoms with Crippen LogP contribution in [0.3, 0.4) is 0 Å². The molecule has 23 heavy (non-hydrogen) atoms. The Morgan fingerprint density at radius 1 is 1.22 bits per heavy atom. The minimum Gasteiger partial charge on any atom is -0.468 e. The number of carbonyl (C=O) groups is 1. The molecule has 2 unspecified atom stereocenters. The summed E-state index contributed by atoms with van der Waals surface area (Å²) < 4.78 is 10.8. The maximum absolute atomic E-state index is 12.8. The van der Waals surface area contributed by atoms with Crippen molar-refractivity contribution >= 4 is 11.6 Å². The van der Waals surface area contributed by atoms with Crippen molar-refractivity contribution in [3.8, 4) is 0 Å². The molecule has 2 aromatic rings. The third-order valence-corrected chi connectivity index (χ3v) is 4.59. The number of aliphatic hydroxyl groups is 1. The second-order valence-electron chi connectivity index (χ2n) is 5.95. The zero-order valence-electron chi connectivity index (χ0n) is 12.6. The van der Waals surface area contributed by atoms with Gasteiger partial charge in [-0.3, -0.25) is 10.1 Å². The van der Waals surface area contributed by atoms with Gasteiger partial charge in [0.1, 0.15) is 5.76 Å². The lowest BCUT2D eigenvalue weighted by atomic mass is 9.92. The van der Waals surface area contributed by atoms with Crippen LogP contribution in [0.15, 0.2) is 53.1 Å². The molecule has 2 atom stereocenters. The van der Waals surface area contributed by atoms with E-state index in [2.05, 4.69) is 5.32 Å². The number of para-hydroxylation sites is 1. The molecule has 120 valence electrons. The molecule has 2 N–H and O–H groups in total. The lowest BCUT2D eigenvalue weighted by Gasteiger charge is -2.29. The number of rotatable bonds is 5. The van der Waals surface area contributed by atoms with Gasteiger partial charge in [-0.1, -0.05) is 18.2 Å². The first-order valence-electron chi connectivity index (χ1n) is 7.65. The van der Waals surface area contributed by atoms with Gasteiger partial charge in [0, 0.05) is 18.7 Å². The Morgan fingerprint density at radius 3 is 2.65 bits per heavy atom. The number of nitrogens with one attached hydrogen (secondary N) is 1. The van der Waals surface area contributed by atoms with Gasteiger partial charge in [-0.25, -0.2) is 0 Å². The highest BCUT2D eigenvalue weighted by Gasteiger charge is 2.68. The quantitative estimate of drug-likeness (QED) is 0.813. The Labute approximate surface area is 133 Å². The van der Waals surface area contributed by atoms with Crippen molar-refractivity contribution in [1.82, 2.24) is 5.32 Å². The van der Waals surface area contributed by atoms with Gasteiger partial charge < -0.3 is 19.2 Å². The summed E-state index contributed by atoms with van der Waals surface area (Å²) in [5.41, 5.74) is -1.80. The SMILES string of the molecule is O=C1N(c2ccccc2)CCC1(O)C1(NCc2ccco2)CO1. The summed E-state index contributed by atoms with van der Waals surface area (Å²) in [6, 6.07) is 13.0. The average Bonchev–Trinajstić information content (AvgIpc) is 3.08. The lowest BCUT2D eigenvalue weighted by molar-refractivity contribution is -0.142. The van der Waals surface area contributed by atoms with Crippen molar-refractivity contribution in [2.24, 2.45) is 0 Å². The van der Waals surface area contributed by atoms with Crippen LogP contribution in [0.2, 0.25) is 0 Å². The van der Waals surface area contributed by atoms with Crippen molar-refractivity contribution in [3.05, 3.63) is 54.5 Å². The highest BCUT2D eigenvalue weighted by atomic mass is 16.6. The van der Waals surface area contributed by atoms with Crippen LogP contribution in [-0.2, 0) is 16.1 Å². The number of anilines is 1. The normalized spacial score (nSPS) is 30.0. The van der Waals surface area contributed by atoms with Crippen LogP contribution in [0, 0.1) is 0 Å². The fourth-order valence-electron chi connectivity index (χ4n) is 3.14. The minimum atomic E-state index is -1.56. The summed E-state index contributed by atoms with van der Waals surface area (Å²) in [6.07, 6.45) is 1.91. The predicted molar refractivity (Wildman–Crippen MR) is 82.6 cm³/mol. The topological polar surface area (TPSA) is 78.2 Å². The van der Waals surface area contributed by atoms with Gasteiger partial charge in [-0.15, -0.1) is 0 Å². The molecule has 0 spiro atoms. The number of benzene rings is 1. The average molecular weight is 314 g/mol. The van der Waals surface area contributed by atoms with E-state index in [0.717, 1.165) is 11.4 Å². The number of hydrogen-bond acceptors (Lipinski definition) is 5. The van der Waals surface area contributed by atoms with Crippen molar-refractivity contribution in [2.45, 2.75) is 24.3 Å². The van der Waals surface area contributed by atoms with Crippen LogP contribution in [0.4, 0.5) is 5.69 Å². The number of nitrogens with zero attached hydrogens (tertiary/aromatic N) is 1. The molecule has 1 aromatic heterocycles. The number of amides is 1. The zero-order chi connectivity index (χ0) is 15.9. The van der Waals surface area contributed by atoms with Crippen LogP contribution in [-0.4, -0.2) is 35.5 Å². The molecule has 2 aliphatic rings. The fourth-order valence-corrected chi connectivity index (χ4v) is 3.14. The number of carbonyl (C=O) groups excluding carboxylic acids is 1. The van der Waals surface area contributed by atoms with E-state index >= 15 is 0 Å². The van der Waals surface area contributed by atoms with Gasteiger partial charge in [0.15, 0.2) is 11.3 Å². The van der Waals surface area contributed by atoms with Crippen molar-refractivity contribution in [3.63, 3.8) is 0 Å². The Bertz CT molecular complexity index is 697. The molecule has 3 heterocycles. The first-order chi connectivity index (χ1) is 11.1. The largest absolute Gasteiger partial charge is 0.468 e. The third-order valence-electron chi connectivity index (χ3n) is 4.59. The van der Waals surface area contributed by atoms with Crippen LogP contribution in [0.1, 0.15) is 12.2 Å². The highest BCUT2D eigenvalue weighted by Crippen LogP contribution is 2.43. The first-order valence-corrected chi connectivity index (χ1v) is 7.65. The first kappa shape index (κ1) is 14.4. The predicted octanol–water partition coefficient (Wildman–Crippen LogP) is 1.26. The van der Waals surface area contributed by atoms with E-state index in [4.69, 9.17) is 9.15 Å². The van der Waals surface area contributed by atoms with Gasteiger partial charge in [-0.2, -0.15) is 0 Å². The second kappa shape index (κ2) is 5.19. The zero-order valence-corrected chi connectivity index (χ0v) is 12.6. The molecule has 0 bridgehead atoms. The van der Waals surface area contributed by atoms with Crippen LogP contribution >= 0.6 is 0 Å². The summed E-state index contributed by atoms with van der Waals surface area (Å²) in [4.78, 5) is 14.4. The van der Waals surface area contributed by atoms with Crippen LogP contribution in [0.5, 0.6) is 0 Å². The molecule has 1 amide bonds. The van der Waals surface area contributed by atoms with Crippen molar-refractivity contribution < 1.29 is 19.1 Å². The summed E-state index contributed by atoms with van der Waals surface area (Å²) in [6.45, 7) is 1.17. The maximum atomic E-state index is 12.8. The summed E-state index contributed by atoms with van der Waals surface area (Å²) >= 11 is 0. The molecule has 2 fully saturated rings. The molecule has 4 rings (SSSR count). The monoisotopic (exact) mass is 314 g/mol. The van der Waals surface area contributed by atoms with E-state index in [-0.39, 0.29) is 5.91 Å². The molecular formula is C17H18N2O4. The molecule has 0 saturated carbocycles.